The van der Waals surface area contributed by atoms with Crippen molar-refractivity contribution in [3.05, 3.63) is 83.9 Å². The van der Waals surface area contributed by atoms with E-state index in [0.717, 1.165) is 16.2 Å². The summed E-state index contributed by atoms with van der Waals surface area (Å²) >= 11 is 0. The lowest BCUT2D eigenvalue weighted by atomic mass is 9.77. The quantitative estimate of drug-likeness (QED) is 0.521. The van der Waals surface area contributed by atoms with Crippen LogP contribution in [0.15, 0.2) is 72.8 Å². The zero-order chi connectivity index (χ0) is 20.5. The van der Waals surface area contributed by atoms with Crippen molar-refractivity contribution in [3.63, 3.8) is 0 Å². The van der Waals surface area contributed by atoms with Crippen molar-refractivity contribution in [1.82, 2.24) is 0 Å². The normalized spacial score (nSPS) is 13.4. The summed E-state index contributed by atoms with van der Waals surface area (Å²) in [6.07, 6.45) is 0. The third-order valence-corrected chi connectivity index (χ3v) is 6.75. The fourth-order valence-corrected chi connectivity index (χ4v) is 4.84. The summed E-state index contributed by atoms with van der Waals surface area (Å²) in [5.41, 5.74) is 5.12. The van der Waals surface area contributed by atoms with Crippen molar-refractivity contribution in [2.24, 2.45) is 0 Å². The largest absolute Gasteiger partial charge is 0.364 e. The Morgan fingerprint density at radius 1 is 0.643 bits per heavy atom. The van der Waals surface area contributed by atoms with Crippen LogP contribution in [-0.4, -0.2) is 4.89 Å². The third-order valence-electron chi connectivity index (χ3n) is 5.12. The topological polar surface area (TPSA) is 20.2 Å². The number of rotatable bonds is 3. The van der Waals surface area contributed by atoms with E-state index >= 15 is 0 Å². The van der Waals surface area contributed by atoms with Gasteiger partial charge in [-0.05, 0) is 33.1 Å². The van der Waals surface area contributed by atoms with E-state index in [-0.39, 0.29) is 10.8 Å². The lowest BCUT2D eigenvalue weighted by Crippen LogP contribution is -2.19. The van der Waals surface area contributed by atoms with E-state index < -0.39 is 8.15 Å². The molecule has 0 fully saturated rings. The highest BCUT2D eigenvalue weighted by Crippen LogP contribution is 2.39. The smallest absolute Gasteiger partial charge is 0.0883 e. The Balaban J connectivity index is 2.20. The zero-order valence-electron chi connectivity index (χ0n) is 17.8. The molecule has 3 aromatic carbocycles. The molecule has 0 radical (unpaired) electrons. The Morgan fingerprint density at radius 2 is 1.25 bits per heavy atom. The molecule has 0 heterocycles. The van der Waals surface area contributed by atoms with Crippen LogP contribution in [0.1, 0.15) is 52.7 Å². The van der Waals surface area contributed by atoms with Gasteiger partial charge in [-0.2, -0.15) is 0 Å². The predicted molar refractivity (Wildman–Crippen MR) is 124 cm³/mol. The van der Waals surface area contributed by atoms with Crippen molar-refractivity contribution >= 4 is 18.8 Å². The Morgan fingerprint density at radius 3 is 1.86 bits per heavy atom. The van der Waals surface area contributed by atoms with Crippen molar-refractivity contribution in [2.45, 2.75) is 52.4 Å². The number of benzene rings is 3. The van der Waals surface area contributed by atoms with Crippen LogP contribution in [-0.2, 0) is 10.8 Å². The molecule has 3 aromatic rings. The van der Waals surface area contributed by atoms with Gasteiger partial charge in [-0.3, -0.25) is 0 Å². The van der Waals surface area contributed by atoms with Gasteiger partial charge in [0.05, 0.1) is 8.15 Å². The standard InChI is InChI=1S/C26H31OP/c1-25(2,3)19-16-17-21(23(18-19)26(4,5)6)22-14-10-11-15-24(22)28(27)20-12-8-7-9-13-20/h7-18,27H,1-6H3. The molecule has 0 aliphatic rings. The summed E-state index contributed by atoms with van der Waals surface area (Å²) in [6, 6.07) is 25.1. The maximum atomic E-state index is 11.2. The second kappa shape index (κ2) is 7.82. The molecule has 1 nitrogen and oxygen atoms in total. The first-order chi connectivity index (χ1) is 13.1. The summed E-state index contributed by atoms with van der Waals surface area (Å²) in [6.45, 7) is 13.6. The molecule has 0 saturated carbocycles. The highest BCUT2D eigenvalue weighted by atomic mass is 31.1. The second-order valence-electron chi connectivity index (χ2n) is 9.42. The zero-order valence-corrected chi connectivity index (χ0v) is 18.7. The summed E-state index contributed by atoms with van der Waals surface area (Å²) in [7, 11) is -1.39. The van der Waals surface area contributed by atoms with Gasteiger partial charge in [0.15, 0.2) is 0 Å². The second-order valence-corrected chi connectivity index (χ2v) is 11.0. The molecule has 1 N–H and O–H groups in total. The minimum absolute atomic E-state index is 0.00859. The van der Waals surface area contributed by atoms with Crippen molar-refractivity contribution in [1.29, 1.82) is 0 Å². The van der Waals surface area contributed by atoms with Crippen LogP contribution in [0.3, 0.4) is 0 Å². The van der Waals surface area contributed by atoms with Crippen LogP contribution in [0.5, 0.6) is 0 Å². The van der Waals surface area contributed by atoms with Gasteiger partial charge >= 0.3 is 0 Å². The molecule has 2 heteroatoms. The molecule has 0 bridgehead atoms. The van der Waals surface area contributed by atoms with Gasteiger partial charge in [0.25, 0.3) is 0 Å². The highest BCUT2D eigenvalue weighted by molar-refractivity contribution is 7.67. The molecule has 3 rings (SSSR count). The highest BCUT2D eigenvalue weighted by Gasteiger charge is 2.25. The first kappa shape index (κ1) is 20.8. The van der Waals surface area contributed by atoms with Crippen LogP contribution in [0.25, 0.3) is 11.1 Å². The van der Waals surface area contributed by atoms with Gasteiger partial charge < -0.3 is 4.89 Å². The van der Waals surface area contributed by atoms with Gasteiger partial charge in [0.1, 0.15) is 0 Å². The van der Waals surface area contributed by atoms with E-state index in [2.05, 4.69) is 77.9 Å². The Hall–Kier alpha value is -1.95. The van der Waals surface area contributed by atoms with E-state index in [1.54, 1.807) is 0 Å². The van der Waals surface area contributed by atoms with E-state index in [1.807, 2.05) is 36.4 Å². The molecular weight excluding hydrogens is 359 g/mol. The van der Waals surface area contributed by atoms with Gasteiger partial charge in [-0.15, -0.1) is 0 Å². The summed E-state index contributed by atoms with van der Waals surface area (Å²) < 4.78 is 0. The Bertz CT molecular complexity index is 946. The summed E-state index contributed by atoms with van der Waals surface area (Å²) in [4.78, 5) is 11.2. The lowest BCUT2D eigenvalue weighted by molar-refractivity contribution is 0.570. The molecule has 0 aliphatic carbocycles. The van der Waals surface area contributed by atoms with Crippen molar-refractivity contribution in [2.75, 3.05) is 0 Å². The van der Waals surface area contributed by atoms with Gasteiger partial charge in [-0.25, -0.2) is 0 Å². The molecule has 146 valence electrons. The van der Waals surface area contributed by atoms with Gasteiger partial charge in [0, 0.05) is 10.6 Å². The molecule has 28 heavy (non-hydrogen) atoms. The molecule has 1 unspecified atom stereocenters. The Kier molecular flexibility index (Phi) is 5.80. The molecule has 0 aliphatic heterocycles. The molecular formula is C26H31OP. The first-order valence-electron chi connectivity index (χ1n) is 9.87. The predicted octanol–water partition coefficient (Wildman–Crippen LogP) is 6.29. The maximum absolute atomic E-state index is 11.2. The van der Waals surface area contributed by atoms with Crippen molar-refractivity contribution in [3.8, 4) is 11.1 Å². The van der Waals surface area contributed by atoms with E-state index in [9.17, 15) is 4.89 Å². The van der Waals surface area contributed by atoms with E-state index in [0.29, 0.717) is 0 Å². The molecule has 0 spiro atoms. The fourth-order valence-electron chi connectivity index (χ4n) is 3.46. The number of hydrogen-bond acceptors (Lipinski definition) is 1. The van der Waals surface area contributed by atoms with Crippen LogP contribution in [0, 0.1) is 0 Å². The molecule has 0 amide bonds. The number of hydrogen-bond donors (Lipinski definition) is 1. The van der Waals surface area contributed by atoms with Gasteiger partial charge in [0.2, 0.25) is 0 Å². The average molecular weight is 391 g/mol. The molecule has 0 aromatic heterocycles. The minimum Gasteiger partial charge on any atom is -0.364 e. The van der Waals surface area contributed by atoms with Crippen molar-refractivity contribution < 1.29 is 4.89 Å². The summed E-state index contributed by atoms with van der Waals surface area (Å²) in [5.74, 6) is 0. The minimum atomic E-state index is -1.39. The van der Waals surface area contributed by atoms with Gasteiger partial charge in [-0.1, -0.05) is 114 Å². The maximum Gasteiger partial charge on any atom is 0.0883 e. The molecule has 0 saturated heterocycles. The monoisotopic (exact) mass is 390 g/mol. The van der Waals surface area contributed by atoms with Crippen LogP contribution in [0.2, 0.25) is 0 Å². The van der Waals surface area contributed by atoms with Crippen LogP contribution >= 0.6 is 8.15 Å². The van der Waals surface area contributed by atoms with E-state index in [4.69, 9.17) is 0 Å². The van der Waals surface area contributed by atoms with Crippen LogP contribution < -0.4 is 10.6 Å². The summed E-state index contributed by atoms with van der Waals surface area (Å²) in [5, 5.41) is 1.99. The van der Waals surface area contributed by atoms with E-state index in [1.165, 1.54) is 16.7 Å². The molecule has 1 atom stereocenters. The first-order valence-corrected chi connectivity index (χ1v) is 11.2. The van der Waals surface area contributed by atoms with Crippen LogP contribution in [0.4, 0.5) is 0 Å². The Labute approximate surface area is 171 Å². The average Bonchev–Trinajstić information content (AvgIpc) is 2.66. The SMILES string of the molecule is CC(C)(C)c1ccc(-c2ccccc2P(O)c2ccccc2)c(C(C)(C)C)c1. The lowest BCUT2D eigenvalue weighted by Gasteiger charge is -2.28. The third kappa shape index (κ3) is 4.37. The fraction of sp³-hybridized carbons (Fsp3) is 0.308.